The van der Waals surface area contributed by atoms with Gasteiger partial charge in [0.1, 0.15) is 5.84 Å². The van der Waals surface area contributed by atoms with E-state index in [0.717, 1.165) is 22.3 Å². The Hall–Kier alpha value is -2.39. The van der Waals surface area contributed by atoms with E-state index in [-0.39, 0.29) is 0 Å². The Kier molecular flexibility index (Phi) is 4.69. The fourth-order valence-electron chi connectivity index (χ4n) is 1.85. The molecule has 20 heavy (non-hydrogen) atoms. The Morgan fingerprint density at radius 1 is 0.950 bits per heavy atom. The van der Waals surface area contributed by atoms with Crippen molar-refractivity contribution < 1.29 is 0 Å². The van der Waals surface area contributed by atoms with E-state index in [1.165, 1.54) is 0 Å². The van der Waals surface area contributed by atoms with Gasteiger partial charge < -0.3 is 11.5 Å². The SMILES string of the molecule is CN=C(N)c1ccc(C=Cc2ccc(CN)cc2)cc1. The van der Waals surface area contributed by atoms with Crippen LogP contribution in [-0.2, 0) is 6.54 Å². The van der Waals surface area contributed by atoms with Gasteiger partial charge in [0.15, 0.2) is 0 Å². The molecule has 0 spiro atoms. The summed E-state index contributed by atoms with van der Waals surface area (Å²) in [7, 11) is 1.69. The van der Waals surface area contributed by atoms with Gasteiger partial charge in [-0.3, -0.25) is 4.99 Å². The van der Waals surface area contributed by atoms with E-state index in [0.29, 0.717) is 12.4 Å². The molecule has 0 radical (unpaired) electrons. The molecule has 0 aliphatic rings. The summed E-state index contributed by atoms with van der Waals surface area (Å²) in [5.74, 6) is 0.554. The lowest BCUT2D eigenvalue weighted by Crippen LogP contribution is -2.12. The average molecular weight is 265 g/mol. The van der Waals surface area contributed by atoms with Gasteiger partial charge in [0, 0.05) is 19.2 Å². The molecule has 0 amide bonds. The topological polar surface area (TPSA) is 64.4 Å². The fraction of sp³-hybridized carbons (Fsp3) is 0.118. The first-order valence-corrected chi connectivity index (χ1v) is 6.52. The monoisotopic (exact) mass is 265 g/mol. The molecule has 0 bridgehead atoms. The van der Waals surface area contributed by atoms with Gasteiger partial charge >= 0.3 is 0 Å². The Labute approximate surface area is 119 Å². The zero-order valence-electron chi connectivity index (χ0n) is 11.6. The predicted molar refractivity (Wildman–Crippen MR) is 86.4 cm³/mol. The lowest BCUT2D eigenvalue weighted by atomic mass is 10.1. The molecule has 0 fully saturated rings. The van der Waals surface area contributed by atoms with Crippen LogP contribution in [0.25, 0.3) is 12.2 Å². The Morgan fingerprint density at radius 3 is 1.90 bits per heavy atom. The van der Waals surface area contributed by atoms with Crippen LogP contribution in [0.3, 0.4) is 0 Å². The van der Waals surface area contributed by atoms with Crippen LogP contribution in [0.15, 0.2) is 53.5 Å². The lowest BCUT2D eigenvalue weighted by Gasteiger charge is -2.00. The van der Waals surface area contributed by atoms with Gasteiger partial charge in [-0.05, 0) is 16.7 Å². The first kappa shape index (κ1) is 14.0. The number of hydrogen-bond acceptors (Lipinski definition) is 2. The van der Waals surface area contributed by atoms with Crippen LogP contribution in [0.2, 0.25) is 0 Å². The largest absolute Gasteiger partial charge is 0.384 e. The molecule has 3 nitrogen and oxygen atoms in total. The van der Waals surface area contributed by atoms with E-state index in [1.54, 1.807) is 7.05 Å². The van der Waals surface area contributed by atoms with Gasteiger partial charge in [-0.25, -0.2) is 0 Å². The van der Waals surface area contributed by atoms with Crippen LogP contribution in [0.5, 0.6) is 0 Å². The van der Waals surface area contributed by atoms with Gasteiger partial charge in [0.25, 0.3) is 0 Å². The highest BCUT2D eigenvalue weighted by Gasteiger charge is 1.96. The van der Waals surface area contributed by atoms with Gasteiger partial charge in [-0.1, -0.05) is 60.7 Å². The fourth-order valence-corrected chi connectivity index (χ4v) is 1.85. The highest BCUT2D eigenvalue weighted by molar-refractivity contribution is 5.97. The molecule has 0 aromatic heterocycles. The zero-order chi connectivity index (χ0) is 14.4. The molecule has 0 heterocycles. The second-order valence-corrected chi connectivity index (χ2v) is 4.51. The van der Waals surface area contributed by atoms with Crippen LogP contribution in [0.1, 0.15) is 22.3 Å². The molecule has 2 aromatic rings. The van der Waals surface area contributed by atoms with E-state index in [9.17, 15) is 0 Å². The van der Waals surface area contributed by atoms with Gasteiger partial charge in [-0.2, -0.15) is 0 Å². The molecule has 0 unspecified atom stereocenters. The number of nitrogens with zero attached hydrogens (tertiary/aromatic N) is 1. The summed E-state index contributed by atoms with van der Waals surface area (Å²) < 4.78 is 0. The van der Waals surface area contributed by atoms with E-state index >= 15 is 0 Å². The number of hydrogen-bond donors (Lipinski definition) is 2. The Balaban J connectivity index is 2.10. The maximum Gasteiger partial charge on any atom is 0.125 e. The molecule has 0 saturated carbocycles. The summed E-state index contributed by atoms with van der Waals surface area (Å²) in [6.07, 6.45) is 4.15. The van der Waals surface area contributed by atoms with Gasteiger partial charge in [0.2, 0.25) is 0 Å². The van der Waals surface area contributed by atoms with Crippen molar-refractivity contribution in [2.75, 3.05) is 7.05 Å². The molecular weight excluding hydrogens is 246 g/mol. The third-order valence-electron chi connectivity index (χ3n) is 3.13. The third kappa shape index (κ3) is 3.56. The van der Waals surface area contributed by atoms with E-state index in [4.69, 9.17) is 11.5 Å². The van der Waals surface area contributed by atoms with Crippen molar-refractivity contribution in [3.8, 4) is 0 Å². The molecule has 102 valence electrons. The highest BCUT2D eigenvalue weighted by atomic mass is 14.8. The van der Waals surface area contributed by atoms with Crippen LogP contribution in [0.4, 0.5) is 0 Å². The van der Waals surface area contributed by atoms with Gasteiger partial charge in [0.05, 0.1) is 0 Å². The van der Waals surface area contributed by atoms with Crippen molar-refractivity contribution in [2.45, 2.75) is 6.54 Å². The quantitative estimate of drug-likeness (QED) is 0.507. The minimum absolute atomic E-state index is 0.554. The summed E-state index contributed by atoms with van der Waals surface area (Å²) in [5, 5.41) is 0. The first-order chi connectivity index (χ1) is 9.72. The second kappa shape index (κ2) is 6.68. The van der Waals surface area contributed by atoms with Crippen LogP contribution in [-0.4, -0.2) is 12.9 Å². The summed E-state index contributed by atoms with van der Waals surface area (Å²) in [5.41, 5.74) is 15.7. The van der Waals surface area contributed by atoms with Crippen molar-refractivity contribution in [3.05, 3.63) is 70.8 Å². The molecular formula is C17H19N3. The van der Waals surface area contributed by atoms with Crippen LogP contribution in [0, 0.1) is 0 Å². The average Bonchev–Trinajstić information content (AvgIpc) is 2.53. The summed E-state index contributed by atoms with van der Waals surface area (Å²) >= 11 is 0. The van der Waals surface area contributed by atoms with Crippen molar-refractivity contribution in [2.24, 2.45) is 16.5 Å². The smallest absolute Gasteiger partial charge is 0.125 e. The molecule has 3 heteroatoms. The number of aliphatic imine (C=N–C) groups is 1. The standard InChI is InChI=1S/C17H19N3/c1-20-17(19)16-10-8-14(9-11-16)3-2-13-4-6-15(12-18)7-5-13/h2-11H,12,18H2,1H3,(H2,19,20). The van der Waals surface area contributed by atoms with E-state index < -0.39 is 0 Å². The second-order valence-electron chi connectivity index (χ2n) is 4.51. The maximum atomic E-state index is 5.76. The van der Waals surface area contributed by atoms with Gasteiger partial charge in [-0.15, -0.1) is 0 Å². The van der Waals surface area contributed by atoms with E-state index in [2.05, 4.69) is 29.3 Å². The van der Waals surface area contributed by atoms with Crippen molar-refractivity contribution in [1.29, 1.82) is 0 Å². The third-order valence-corrected chi connectivity index (χ3v) is 3.13. The maximum absolute atomic E-state index is 5.76. The summed E-state index contributed by atoms with van der Waals surface area (Å²) in [6.45, 7) is 0.575. The van der Waals surface area contributed by atoms with Crippen molar-refractivity contribution in [1.82, 2.24) is 0 Å². The highest BCUT2D eigenvalue weighted by Crippen LogP contribution is 2.11. The number of nitrogens with two attached hydrogens (primary N) is 2. The minimum atomic E-state index is 0.554. The summed E-state index contributed by atoms with van der Waals surface area (Å²) in [4.78, 5) is 3.96. The molecule has 0 aliphatic heterocycles. The first-order valence-electron chi connectivity index (χ1n) is 6.52. The normalized spacial score (nSPS) is 12.0. The van der Waals surface area contributed by atoms with Crippen molar-refractivity contribution >= 4 is 18.0 Å². The van der Waals surface area contributed by atoms with Crippen molar-refractivity contribution in [3.63, 3.8) is 0 Å². The van der Waals surface area contributed by atoms with Crippen LogP contribution >= 0.6 is 0 Å². The molecule has 2 aromatic carbocycles. The lowest BCUT2D eigenvalue weighted by molar-refractivity contribution is 1.07. The number of benzene rings is 2. The number of amidine groups is 1. The zero-order valence-corrected chi connectivity index (χ0v) is 11.6. The molecule has 4 N–H and O–H groups in total. The summed E-state index contributed by atoms with van der Waals surface area (Å²) in [6, 6.07) is 16.2. The molecule has 0 saturated heterocycles. The molecule has 0 atom stereocenters. The predicted octanol–water partition coefficient (Wildman–Crippen LogP) is 2.65. The molecule has 0 aliphatic carbocycles. The van der Waals surface area contributed by atoms with Crippen LogP contribution < -0.4 is 11.5 Å². The number of rotatable bonds is 4. The molecule has 2 rings (SSSR count). The minimum Gasteiger partial charge on any atom is -0.384 e. The van der Waals surface area contributed by atoms with E-state index in [1.807, 2.05) is 36.4 Å². The Morgan fingerprint density at radius 2 is 1.45 bits per heavy atom. The Bertz CT molecular complexity index is 608.